The molecule has 0 radical (unpaired) electrons. The van der Waals surface area contributed by atoms with Gasteiger partial charge in [-0.25, -0.2) is 9.79 Å². The lowest BCUT2D eigenvalue weighted by Crippen LogP contribution is -2.40. The lowest BCUT2D eigenvalue weighted by molar-refractivity contribution is -0.139. The van der Waals surface area contributed by atoms with E-state index in [0.717, 1.165) is 19.0 Å². The summed E-state index contributed by atoms with van der Waals surface area (Å²) in [5.41, 5.74) is 1.15. The van der Waals surface area contributed by atoms with E-state index in [4.69, 9.17) is 23.4 Å². The topological polar surface area (TPSA) is 105 Å². The molecule has 4 heterocycles. The van der Waals surface area contributed by atoms with E-state index in [2.05, 4.69) is 16.5 Å². The lowest BCUT2D eigenvalue weighted by atomic mass is 9.95. The molecule has 0 unspecified atom stereocenters. The average Bonchev–Trinajstić information content (AvgIpc) is 3.56. The number of hydrogen-bond acceptors (Lipinski definition) is 10. The van der Waals surface area contributed by atoms with Gasteiger partial charge in [0.25, 0.3) is 5.56 Å². The van der Waals surface area contributed by atoms with E-state index in [1.165, 1.54) is 15.9 Å². The molecule has 5 rings (SSSR count). The zero-order chi connectivity index (χ0) is 28.9. The molecule has 41 heavy (non-hydrogen) atoms. The maximum absolute atomic E-state index is 13.9. The van der Waals surface area contributed by atoms with E-state index < -0.39 is 12.0 Å². The van der Waals surface area contributed by atoms with Crippen LogP contribution in [-0.2, 0) is 14.3 Å². The average molecular weight is 580 g/mol. The van der Waals surface area contributed by atoms with Crippen molar-refractivity contribution in [1.29, 1.82) is 0 Å². The molecule has 1 saturated heterocycles. The quantitative estimate of drug-likeness (QED) is 0.267. The largest absolute Gasteiger partial charge is 0.490 e. The fourth-order valence-electron chi connectivity index (χ4n) is 4.84. The highest BCUT2D eigenvalue weighted by Crippen LogP contribution is 2.36. The number of esters is 1. The Balaban J connectivity index is 1.61. The zero-order valence-electron chi connectivity index (χ0n) is 23.4. The van der Waals surface area contributed by atoms with Crippen molar-refractivity contribution in [2.75, 3.05) is 51.0 Å². The normalized spacial score (nSPS) is 17.2. The van der Waals surface area contributed by atoms with Crippen LogP contribution in [0.5, 0.6) is 11.5 Å². The van der Waals surface area contributed by atoms with Crippen molar-refractivity contribution >= 4 is 29.3 Å². The van der Waals surface area contributed by atoms with Gasteiger partial charge in [0.1, 0.15) is 12.4 Å². The van der Waals surface area contributed by atoms with Gasteiger partial charge >= 0.3 is 5.97 Å². The van der Waals surface area contributed by atoms with Crippen molar-refractivity contribution in [3.63, 3.8) is 0 Å². The number of rotatable bonds is 10. The Labute approximate surface area is 241 Å². The molecule has 0 spiro atoms. The molecule has 0 amide bonds. The predicted octanol–water partition coefficient (Wildman–Crippen LogP) is 3.19. The van der Waals surface area contributed by atoms with Gasteiger partial charge in [-0.15, -0.1) is 0 Å². The van der Waals surface area contributed by atoms with Crippen molar-refractivity contribution in [2.45, 2.75) is 26.8 Å². The summed E-state index contributed by atoms with van der Waals surface area (Å²) in [5, 5.41) is 0. The molecule has 3 aromatic rings. The van der Waals surface area contributed by atoms with Crippen LogP contribution in [0.25, 0.3) is 6.08 Å². The highest BCUT2D eigenvalue weighted by atomic mass is 32.1. The number of morpholine rings is 1. The van der Waals surface area contributed by atoms with Crippen LogP contribution in [0.15, 0.2) is 68.5 Å². The summed E-state index contributed by atoms with van der Waals surface area (Å²) in [6.45, 7) is 12.7. The monoisotopic (exact) mass is 579 g/mol. The molecule has 1 aromatic carbocycles. The number of carbonyl (C=O) groups is 1. The van der Waals surface area contributed by atoms with Gasteiger partial charge in [-0.05, 0) is 44.5 Å². The maximum atomic E-state index is 13.9. The van der Waals surface area contributed by atoms with Crippen LogP contribution in [0.4, 0.5) is 5.88 Å². The van der Waals surface area contributed by atoms with Crippen LogP contribution in [0, 0.1) is 0 Å². The van der Waals surface area contributed by atoms with E-state index in [0.29, 0.717) is 69.9 Å². The Bertz CT molecular complexity index is 1640. The molecule has 1 fully saturated rings. The first-order chi connectivity index (χ1) is 19.9. The molecule has 0 N–H and O–H groups in total. The van der Waals surface area contributed by atoms with Gasteiger partial charge in [0.15, 0.2) is 22.2 Å². The summed E-state index contributed by atoms with van der Waals surface area (Å²) in [4.78, 5) is 34.4. The molecule has 0 saturated carbocycles. The van der Waals surface area contributed by atoms with Crippen molar-refractivity contribution < 1.29 is 28.2 Å². The van der Waals surface area contributed by atoms with E-state index >= 15 is 0 Å². The Hall–Kier alpha value is -4.09. The molecule has 2 aliphatic rings. The second kappa shape index (κ2) is 12.6. The minimum absolute atomic E-state index is 0.190. The Morgan fingerprint density at radius 2 is 1.95 bits per heavy atom. The standard InChI is InChI=1S/C30H33N3O7S/c1-5-14-39-22-10-8-20(17-23(22)37-6-2)27-26(29(35)38-7-3)19(4)31-30-33(27)28(34)24(41-30)18-21-9-11-25(40-21)32-12-15-36-16-13-32/h5,8-11,17-18,27H,1,6-7,12-16H2,2-4H3/b24-18-/t27-/m1/s1. The molecule has 2 aromatic heterocycles. The minimum atomic E-state index is -0.777. The number of furan rings is 1. The number of fused-ring (bicyclic) bond motifs is 1. The van der Waals surface area contributed by atoms with Gasteiger partial charge in [-0.2, -0.15) is 0 Å². The number of thiazole rings is 1. The molecule has 11 heteroatoms. The van der Waals surface area contributed by atoms with Crippen LogP contribution >= 0.6 is 11.3 Å². The van der Waals surface area contributed by atoms with Crippen molar-refractivity contribution in [3.8, 4) is 11.5 Å². The fourth-order valence-corrected chi connectivity index (χ4v) is 5.87. The number of carbonyl (C=O) groups excluding carboxylic acids is 1. The van der Waals surface area contributed by atoms with Crippen LogP contribution in [0.1, 0.15) is 38.1 Å². The first-order valence-electron chi connectivity index (χ1n) is 13.6. The van der Waals surface area contributed by atoms with Gasteiger partial charge in [0.05, 0.1) is 48.3 Å². The Morgan fingerprint density at radius 1 is 1.15 bits per heavy atom. The number of aromatic nitrogens is 1. The number of benzene rings is 1. The molecule has 0 aliphatic carbocycles. The minimum Gasteiger partial charge on any atom is -0.490 e. The summed E-state index contributed by atoms with van der Waals surface area (Å²) < 4.78 is 30.5. The summed E-state index contributed by atoms with van der Waals surface area (Å²) >= 11 is 1.24. The van der Waals surface area contributed by atoms with Gasteiger partial charge in [0, 0.05) is 25.2 Å². The highest BCUT2D eigenvalue weighted by molar-refractivity contribution is 7.07. The molecule has 2 aliphatic heterocycles. The van der Waals surface area contributed by atoms with Gasteiger partial charge in [-0.3, -0.25) is 9.36 Å². The first kappa shape index (κ1) is 28.4. The third-order valence-electron chi connectivity index (χ3n) is 6.67. The van der Waals surface area contributed by atoms with E-state index in [9.17, 15) is 9.59 Å². The lowest BCUT2D eigenvalue weighted by Gasteiger charge is -2.26. The summed E-state index contributed by atoms with van der Waals surface area (Å²) in [6.07, 6.45) is 3.36. The molecule has 10 nitrogen and oxygen atoms in total. The number of allylic oxidation sites excluding steroid dienone is 1. The third-order valence-corrected chi connectivity index (χ3v) is 7.65. The number of anilines is 1. The second-order valence-corrected chi connectivity index (χ2v) is 10.3. The first-order valence-corrected chi connectivity index (χ1v) is 14.4. The summed E-state index contributed by atoms with van der Waals surface area (Å²) in [6, 6.07) is 8.34. The van der Waals surface area contributed by atoms with Crippen LogP contribution < -0.4 is 29.3 Å². The van der Waals surface area contributed by atoms with E-state index in [-0.39, 0.29) is 12.2 Å². The summed E-state index contributed by atoms with van der Waals surface area (Å²) in [7, 11) is 0. The van der Waals surface area contributed by atoms with Crippen molar-refractivity contribution in [1.82, 2.24) is 4.57 Å². The highest BCUT2D eigenvalue weighted by Gasteiger charge is 2.34. The predicted molar refractivity (Wildman–Crippen MR) is 155 cm³/mol. The van der Waals surface area contributed by atoms with Gasteiger partial charge in [-0.1, -0.05) is 30.1 Å². The smallest absolute Gasteiger partial charge is 0.338 e. The Morgan fingerprint density at radius 3 is 2.68 bits per heavy atom. The second-order valence-electron chi connectivity index (χ2n) is 9.32. The van der Waals surface area contributed by atoms with Crippen molar-refractivity contribution in [3.05, 3.63) is 85.3 Å². The molecular formula is C30H33N3O7S. The maximum Gasteiger partial charge on any atom is 0.338 e. The van der Waals surface area contributed by atoms with E-state index in [1.807, 2.05) is 25.1 Å². The molecule has 1 atom stereocenters. The molecule has 216 valence electrons. The number of hydrogen-bond donors (Lipinski definition) is 0. The van der Waals surface area contributed by atoms with Crippen LogP contribution in [-0.4, -0.2) is 56.7 Å². The Kier molecular flexibility index (Phi) is 8.75. The SMILES string of the molecule is C=CCOc1ccc([C@@H]2C(C(=O)OCC)=C(C)N=c3s/c(=C\c4ccc(N5CCOCC5)o4)c(=O)n32)cc1OCC. The fraction of sp³-hybridized carbons (Fsp3) is 0.367. The third kappa shape index (κ3) is 5.86. The zero-order valence-corrected chi connectivity index (χ0v) is 24.2. The molecular weight excluding hydrogens is 546 g/mol. The van der Waals surface area contributed by atoms with E-state index in [1.54, 1.807) is 38.1 Å². The van der Waals surface area contributed by atoms with Crippen LogP contribution in [0.2, 0.25) is 0 Å². The van der Waals surface area contributed by atoms with Crippen molar-refractivity contribution in [2.24, 2.45) is 4.99 Å². The number of nitrogens with zero attached hydrogens (tertiary/aromatic N) is 3. The van der Waals surface area contributed by atoms with Gasteiger partial charge in [0.2, 0.25) is 0 Å². The molecule has 0 bridgehead atoms. The number of ether oxygens (including phenoxy) is 4. The van der Waals surface area contributed by atoms with Crippen LogP contribution in [0.3, 0.4) is 0 Å². The summed E-state index contributed by atoms with van der Waals surface area (Å²) in [5.74, 6) is 1.79. The van der Waals surface area contributed by atoms with Gasteiger partial charge < -0.3 is 28.3 Å².